The number of rotatable bonds is 4. The van der Waals surface area contributed by atoms with E-state index in [2.05, 4.69) is 14.7 Å². The maximum absolute atomic E-state index is 12.4. The zero-order valence-electron chi connectivity index (χ0n) is 14.3. The minimum Gasteiger partial charge on any atom is -0.362 e. The molecule has 1 aliphatic heterocycles. The zero-order chi connectivity index (χ0) is 19.6. The number of halogens is 2. The molecule has 0 saturated carbocycles. The number of likely N-dealkylation sites (tertiary alicyclic amines) is 1. The number of amidine groups is 1. The van der Waals surface area contributed by atoms with Crippen molar-refractivity contribution >= 4 is 50.7 Å². The van der Waals surface area contributed by atoms with Crippen LogP contribution < -0.4 is 5.32 Å². The number of hydrogen-bond acceptors (Lipinski definition) is 4. The average Bonchev–Trinajstić information content (AvgIpc) is 3.01. The highest BCUT2D eigenvalue weighted by molar-refractivity contribution is 7.90. The summed E-state index contributed by atoms with van der Waals surface area (Å²) in [5, 5.41) is 2.90. The molecule has 1 aliphatic rings. The summed E-state index contributed by atoms with van der Waals surface area (Å²) in [6.45, 7) is 0.791. The number of nitrogens with one attached hydrogen (secondary N) is 1. The van der Waals surface area contributed by atoms with Crippen LogP contribution in [-0.4, -0.2) is 43.6 Å². The van der Waals surface area contributed by atoms with Crippen molar-refractivity contribution in [3.8, 4) is 0 Å². The number of carbonyl (C=O) groups excluding carboxylic acids is 1. The van der Waals surface area contributed by atoms with Gasteiger partial charge in [-0.25, -0.2) is 4.98 Å². The van der Waals surface area contributed by atoms with E-state index in [1.807, 2.05) is 11.9 Å². The zero-order valence-corrected chi connectivity index (χ0v) is 16.6. The van der Waals surface area contributed by atoms with Gasteiger partial charge >= 0.3 is 0 Å². The molecule has 2 heterocycles. The average molecular weight is 427 g/mol. The number of benzene rings is 1. The third-order valence-electron chi connectivity index (χ3n) is 4.00. The molecular formula is C17H16Cl2N4O3S. The van der Waals surface area contributed by atoms with E-state index in [0.29, 0.717) is 17.9 Å². The second-order valence-corrected chi connectivity index (χ2v) is 8.35. The molecule has 2 aromatic rings. The van der Waals surface area contributed by atoms with Crippen molar-refractivity contribution in [1.82, 2.24) is 9.88 Å². The van der Waals surface area contributed by atoms with Crippen LogP contribution in [0.4, 0.5) is 5.69 Å². The van der Waals surface area contributed by atoms with Gasteiger partial charge in [0.05, 0.1) is 9.92 Å². The van der Waals surface area contributed by atoms with Gasteiger partial charge in [-0.15, -0.1) is 4.40 Å². The summed E-state index contributed by atoms with van der Waals surface area (Å²) in [7, 11) is -1.99. The lowest BCUT2D eigenvalue weighted by Gasteiger charge is -2.11. The van der Waals surface area contributed by atoms with Crippen molar-refractivity contribution in [3.05, 3.63) is 52.3 Å². The summed E-state index contributed by atoms with van der Waals surface area (Å²) in [6, 6.07) is 8.67. The molecule has 7 nitrogen and oxygen atoms in total. The molecule has 0 atom stereocenters. The van der Waals surface area contributed by atoms with Crippen LogP contribution in [0.3, 0.4) is 0 Å². The Morgan fingerprint density at radius 2 is 1.89 bits per heavy atom. The first-order valence-electron chi connectivity index (χ1n) is 8.05. The van der Waals surface area contributed by atoms with E-state index in [4.69, 9.17) is 23.2 Å². The number of anilines is 1. The van der Waals surface area contributed by atoms with E-state index in [-0.39, 0.29) is 20.8 Å². The second kappa shape index (κ2) is 7.84. The SMILES string of the molecule is CN1CCC/C1=N\S(=O)(=O)c1ccc(NC(=O)c2nc(Cl)ccc2Cl)cc1. The monoisotopic (exact) mass is 426 g/mol. The van der Waals surface area contributed by atoms with Gasteiger partial charge in [0, 0.05) is 25.7 Å². The Balaban J connectivity index is 1.77. The first-order chi connectivity index (χ1) is 12.8. The predicted molar refractivity (Wildman–Crippen MR) is 105 cm³/mol. The molecule has 1 fully saturated rings. The van der Waals surface area contributed by atoms with Crippen LogP contribution in [0.5, 0.6) is 0 Å². The molecule has 3 rings (SSSR count). The van der Waals surface area contributed by atoms with E-state index in [1.165, 1.54) is 36.4 Å². The molecule has 0 aliphatic carbocycles. The Kier molecular flexibility index (Phi) is 5.69. The van der Waals surface area contributed by atoms with Crippen LogP contribution in [0.2, 0.25) is 10.2 Å². The van der Waals surface area contributed by atoms with Crippen LogP contribution in [-0.2, 0) is 10.0 Å². The number of nitrogens with zero attached hydrogens (tertiary/aromatic N) is 3. The fourth-order valence-corrected chi connectivity index (χ4v) is 4.01. The van der Waals surface area contributed by atoms with E-state index in [1.54, 1.807) is 0 Å². The third-order valence-corrected chi connectivity index (χ3v) is 5.83. The maximum atomic E-state index is 12.4. The van der Waals surface area contributed by atoms with Crippen molar-refractivity contribution < 1.29 is 13.2 Å². The quantitative estimate of drug-likeness (QED) is 0.755. The van der Waals surface area contributed by atoms with Crippen LogP contribution in [0.1, 0.15) is 23.3 Å². The minimum absolute atomic E-state index is 0.0171. The smallest absolute Gasteiger partial charge is 0.283 e. The molecule has 1 saturated heterocycles. The fraction of sp³-hybridized carbons (Fsp3) is 0.235. The molecular weight excluding hydrogens is 411 g/mol. The summed E-state index contributed by atoms with van der Waals surface area (Å²) >= 11 is 11.7. The number of aromatic nitrogens is 1. The first-order valence-corrected chi connectivity index (χ1v) is 10.2. The molecule has 27 heavy (non-hydrogen) atoms. The molecule has 1 N–H and O–H groups in total. The fourth-order valence-electron chi connectivity index (χ4n) is 2.58. The van der Waals surface area contributed by atoms with Crippen LogP contribution >= 0.6 is 23.2 Å². The van der Waals surface area contributed by atoms with Gasteiger partial charge in [0.15, 0.2) is 0 Å². The van der Waals surface area contributed by atoms with Crippen molar-refractivity contribution in [2.75, 3.05) is 18.9 Å². The van der Waals surface area contributed by atoms with Gasteiger partial charge < -0.3 is 10.2 Å². The highest BCUT2D eigenvalue weighted by atomic mass is 35.5. The van der Waals surface area contributed by atoms with Gasteiger partial charge in [-0.2, -0.15) is 8.42 Å². The number of sulfonamides is 1. The second-order valence-electron chi connectivity index (χ2n) is 5.95. The molecule has 0 spiro atoms. The predicted octanol–water partition coefficient (Wildman–Crippen LogP) is 3.45. The number of hydrogen-bond donors (Lipinski definition) is 1. The molecule has 1 aromatic carbocycles. The summed E-state index contributed by atoms with van der Waals surface area (Å²) in [5.41, 5.74) is 0.374. The van der Waals surface area contributed by atoms with Gasteiger partial charge in [0.1, 0.15) is 16.7 Å². The molecule has 142 valence electrons. The normalized spacial score (nSPS) is 16.0. The largest absolute Gasteiger partial charge is 0.362 e. The van der Waals surface area contributed by atoms with E-state index in [0.717, 1.165) is 13.0 Å². The summed E-state index contributed by atoms with van der Waals surface area (Å²) in [6.07, 6.45) is 1.52. The topological polar surface area (TPSA) is 91.7 Å². The van der Waals surface area contributed by atoms with Crippen LogP contribution in [0, 0.1) is 0 Å². The summed E-state index contributed by atoms with van der Waals surface area (Å²) in [5.74, 6) is -0.0000162. The molecule has 10 heteroatoms. The van der Waals surface area contributed by atoms with Crippen molar-refractivity contribution in [2.45, 2.75) is 17.7 Å². The standard InChI is InChI=1S/C17H16Cl2N4O3S/c1-23-10-2-3-15(23)22-27(25,26)12-6-4-11(5-7-12)20-17(24)16-13(18)8-9-14(19)21-16/h4-9H,2-3,10H2,1H3,(H,20,24)/b22-15+. The van der Waals surface area contributed by atoms with Gasteiger partial charge in [0.2, 0.25) is 0 Å². The Bertz CT molecular complexity index is 1010. The highest BCUT2D eigenvalue weighted by Crippen LogP contribution is 2.21. The number of pyridine rings is 1. The Labute approximate surface area is 167 Å². The van der Waals surface area contributed by atoms with E-state index < -0.39 is 15.9 Å². The van der Waals surface area contributed by atoms with Gasteiger partial charge in [-0.05, 0) is 42.8 Å². The maximum Gasteiger partial charge on any atom is 0.283 e. The number of amides is 1. The summed E-state index contributed by atoms with van der Waals surface area (Å²) in [4.78, 5) is 18.0. The third kappa shape index (κ3) is 4.58. The molecule has 0 bridgehead atoms. The van der Waals surface area contributed by atoms with Crippen molar-refractivity contribution in [3.63, 3.8) is 0 Å². The highest BCUT2D eigenvalue weighted by Gasteiger charge is 2.20. The van der Waals surface area contributed by atoms with Crippen LogP contribution in [0.25, 0.3) is 0 Å². The minimum atomic E-state index is -3.80. The van der Waals surface area contributed by atoms with E-state index >= 15 is 0 Å². The van der Waals surface area contributed by atoms with Gasteiger partial charge in [-0.1, -0.05) is 23.2 Å². The first kappa shape index (κ1) is 19.6. The van der Waals surface area contributed by atoms with Crippen LogP contribution in [0.15, 0.2) is 45.7 Å². The lowest BCUT2D eigenvalue weighted by atomic mass is 10.3. The lowest BCUT2D eigenvalue weighted by molar-refractivity contribution is 0.102. The lowest BCUT2D eigenvalue weighted by Crippen LogP contribution is -2.20. The Morgan fingerprint density at radius 1 is 1.19 bits per heavy atom. The Hall–Kier alpha value is -2.16. The molecule has 1 amide bonds. The van der Waals surface area contributed by atoms with Crippen molar-refractivity contribution in [2.24, 2.45) is 4.40 Å². The number of carbonyl (C=O) groups is 1. The summed E-state index contributed by atoms with van der Waals surface area (Å²) < 4.78 is 28.8. The molecule has 0 radical (unpaired) electrons. The van der Waals surface area contributed by atoms with Gasteiger partial charge in [0.25, 0.3) is 15.9 Å². The molecule has 0 unspecified atom stereocenters. The molecule has 1 aromatic heterocycles. The van der Waals surface area contributed by atoms with Gasteiger partial charge in [-0.3, -0.25) is 4.79 Å². The van der Waals surface area contributed by atoms with Crippen molar-refractivity contribution in [1.29, 1.82) is 0 Å². The Morgan fingerprint density at radius 3 is 2.52 bits per heavy atom. The van der Waals surface area contributed by atoms with E-state index in [9.17, 15) is 13.2 Å².